The van der Waals surface area contributed by atoms with Crippen LogP contribution in [0.2, 0.25) is 0 Å². The Morgan fingerprint density at radius 2 is 1.76 bits per heavy atom. The molecule has 21 heavy (non-hydrogen) atoms. The predicted molar refractivity (Wildman–Crippen MR) is 80.0 cm³/mol. The molecular weight excluding hydrogens is 270 g/mol. The molecule has 0 heterocycles. The second-order valence-corrected chi connectivity index (χ2v) is 4.94. The molecular formula is C16H23NO4. The summed E-state index contributed by atoms with van der Waals surface area (Å²) in [5, 5.41) is 0. The van der Waals surface area contributed by atoms with Gasteiger partial charge in [-0.1, -0.05) is 18.2 Å². The molecule has 1 rings (SSSR count). The summed E-state index contributed by atoms with van der Waals surface area (Å²) in [5.41, 5.74) is 0. The third-order valence-corrected chi connectivity index (χ3v) is 2.92. The fourth-order valence-electron chi connectivity index (χ4n) is 1.85. The zero-order chi connectivity index (χ0) is 15.8. The summed E-state index contributed by atoms with van der Waals surface area (Å²) < 4.78 is 10.5. The summed E-state index contributed by atoms with van der Waals surface area (Å²) in [6, 6.07) is 9.02. The van der Waals surface area contributed by atoms with Crippen molar-refractivity contribution in [1.82, 2.24) is 4.90 Å². The van der Waals surface area contributed by atoms with Gasteiger partial charge in [-0.3, -0.25) is 9.59 Å². The Labute approximate surface area is 125 Å². The van der Waals surface area contributed by atoms with Crippen molar-refractivity contribution in [1.29, 1.82) is 0 Å². The summed E-state index contributed by atoms with van der Waals surface area (Å²) in [7, 11) is 0. The smallest absolute Gasteiger partial charge is 0.325 e. The number of hydrogen-bond acceptors (Lipinski definition) is 4. The van der Waals surface area contributed by atoms with Crippen LogP contribution in [0.15, 0.2) is 30.3 Å². The molecule has 116 valence electrons. The molecule has 5 nitrogen and oxygen atoms in total. The first-order valence-electron chi connectivity index (χ1n) is 7.13. The Bertz CT molecular complexity index is 459. The maximum absolute atomic E-state index is 12.4. The van der Waals surface area contributed by atoms with Crippen molar-refractivity contribution < 1.29 is 19.1 Å². The van der Waals surface area contributed by atoms with Crippen LogP contribution in [0.5, 0.6) is 5.75 Å². The normalized spacial score (nSPS) is 11.9. The third-order valence-electron chi connectivity index (χ3n) is 2.92. The molecule has 0 N–H and O–H groups in total. The van der Waals surface area contributed by atoms with Gasteiger partial charge in [0.1, 0.15) is 12.3 Å². The van der Waals surface area contributed by atoms with E-state index in [0.717, 1.165) is 0 Å². The minimum atomic E-state index is -0.663. The van der Waals surface area contributed by atoms with E-state index in [1.165, 1.54) is 4.90 Å². The van der Waals surface area contributed by atoms with Crippen molar-refractivity contribution in [3.8, 4) is 5.75 Å². The summed E-state index contributed by atoms with van der Waals surface area (Å²) >= 11 is 0. The van der Waals surface area contributed by atoms with Crippen LogP contribution in [0.4, 0.5) is 0 Å². The van der Waals surface area contributed by atoms with Gasteiger partial charge in [0.15, 0.2) is 6.10 Å². The van der Waals surface area contributed by atoms with Crippen molar-refractivity contribution in [2.45, 2.75) is 39.8 Å². The summed E-state index contributed by atoms with van der Waals surface area (Å²) in [5.74, 6) is -0.0217. The SMILES string of the molecule is CCOC(=O)CN(C(=O)C(C)Oc1ccccc1)C(C)C. The van der Waals surface area contributed by atoms with Gasteiger partial charge in [-0.2, -0.15) is 0 Å². The molecule has 0 saturated heterocycles. The number of nitrogens with zero attached hydrogens (tertiary/aromatic N) is 1. The molecule has 0 aliphatic heterocycles. The van der Waals surface area contributed by atoms with Crippen LogP contribution in [0.25, 0.3) is 0 Å². The van der Waals surface area contributed by atoms with E-state index in [9.17, 15) is 9.59 Å². The molecule has 0 radical (unpaired) electrons. The van der Waals surface area contributed by atoms with Crippen LogP contribution in [-0.4, -0.2) is 42.1 Å². The topological polar surface area (TPSA) is 55.8 Å². The highest BCUT2D eigenvalue weighted by atomic mass is 16.5. The maximum atomic E-state index is 12.4. The van der Waals surface area contributed by atoms with E-state index in [1.807, 2.05) is 32.0 Å². The van der Waals surface area contributed by atoms with Crippen molar-refractivity contribution in [2.75, 3.05) is 13.2 Å². The van der Waals surface area contributed by atoms with Gasteiger partial charge in [0.25, 0.3) is 5.91 Å². The van der Waals surface area contributed by atoms with E-state index >= 15 is 0 Å². The predicted octanol–water partition coefficient (Wildman–Crippen LogP) is 2.25. The van der Waals surface area contributed by atoms with Gasteiger partial charge in [0.05, 0.1) is 6.61 Å². The number of carbonyl (C=O) groups excluding carboxylic acids is 2. The molecule has 0 spiro atoms. The van der Waals surface area contributed by atoms with E-state index in [0.29, 0.717) is 12.4 Å². The van der Waals surface area contributed by atoms with Gasteiger partial charge >= 0.3 is 5.97 Å². The number of amides is 1. The van der Waals surface area contributed by atoms with Crippen LogP contribution in [-0.2, 0) is 14.3 Å². The Kier molecular flexibility index (Phi) is 6.72. The highest BCUT2D eigenvalue weighted by Gasteiger charge is 2.26. The van der Waals surface area contributed by atoms with E-state index in [4.69, 9.17) is 9.47 Å². The fraction of sp³-hybridized carbons (Fsp3) is 0.500. The Morgan fingerprint density at radius 3 is 2.29 bits per heavy atom. The number of rotatable bonds is 7. The van der Waals surface area contributed by atoms with Crippen molar-refractivity contribution in [3.63, 3.8) is 0 Å². The highest BCUT2D eigenvalue weighted by Crippen LogP contribution is 2.13. The van der Waals surface area contributed by atoms with Crippen LogP contribution in [0.1, 0.15) is 27.7 Å². The molecule has 5 heteroatoms. The van der Waals surface area contributed by atoms with Crippen molar-refractivity contribution >= 4 is 11.9 Å². The average Bonchev–Trinajstić information content (AvgIpc) is 2.45. The number of para-hydroxylation sites is 1. The molecule has 0 aliphatic rings. The molecule has 1 atom stereocenters. The molecule has 0 fully saturated rings. The number of hydrogen-bond donors (Lipinski definition) is 0. The van der Waals surface area contributed by atoms with E-state index in [-0.39, 0.29) is 18.5 Å². The molecule has 0 aliphatic carbocycles. The van der Waals surface area contributed by atoms with E-state index in [2.05, 4.69) is 0 Å². The zero-order valence-corrected chi connectivity index (χ0v) is 13.0. The second-order valence-electron chi connectivity index (χ2n) is 4.94. The molecule has 1 aromatic carbocycles. The standard InChI is InChI=1S/C16H23NO4/c1-5-20-15(18)11-17(12(2)3)16(19)13(4)21-14-9-7-6-8-10-14/h6-10,12-13H,5,11H2,1-4H3. The number of carbonyl (C=O) groups is 2. The molecule has 0 saturated carbocycles. The Balaban J connectivity index is 2.69. The number of benzene rings is 1. The lowest BCUT2D eigenvalue weighted by Gasteiger charge is -2.28. The van der Waals surface area contributed by atoms with Gasteiger partial charge in [-0.25, -0.2) is 0 Å². The lowest BCUT2D eigenvalue weighted by atomic mass is 10.2. The first-order valence-corrected chi connectivity index (χ1v) is 7.13. The molecule has 1 unspecified atom stereocenters. The minimum Gasteiger partial charge on any atom is -0.481 e. The largest absolute Gasteiger partial charge is 0.481 e. The Morgan fingerprint density at radius 1 is 1.14 bits per heavy atom. The number of esters is 1. The highest BCUT2D eigenvalue weighted by molar-refractivity contribution is 5.85. The first kappa shape index (κ1) is 17.0. The lowest BCUT2D eigenvalue weighted by Crippen LogP contribution is -2.47. The van der Waals surface area contributed by atoms with Gasteiger partial charge in [0.2, 0.25) is 0 Å². The lowest BCUT2D eigenvalue weighted by molar-refractivity contribution is -0.152. The van der Waals surface area contributed by atoms with Gasteiger partial charge in [-0.05, 0) is 39.8 Å². The first-order chi connectivity index (χ1) is 9.95. The van der Waals surface area contributed by atoms with Crippen molar-refractivity contribution in [3.05, 3.63) is 30.3 Å². The average molecular weight is 293 g/mol. The zero-order valence-electron chi connectivity index (χ0n) is 13.0. The third kappa shape index (κ3) is 5.45. The molecule has 1 aromatic rings. The van der Waals surface area contributed by atoms with E-state index < -0.39 is 12.1 Å². The quantitative estimate of drug-likeness (QED) is 0.724. The molecule has 0 aromatic heterocycles. The molecule has 0 bridgehead atoms. The maximum Gasteiger partial charge on any atom is 0.325 e. The Hall–Kier alpha value is -2.04. The number of ether oxygens (including phenoxy) is 2. The second kappa shape index (κ2) is 8.29. The molecule has 1 amide bonds. The minimum absolute atomic E-state index is 0.0627. The van der Waals surface area contributed by atoms with Gasteiger partial charge < -0.3 is 14.4 Å². The summed E-state index contributed by atoms with van der Waals surface area (Å²) in [6.45, 7) is 7.36. The summed E-state index contributed by atoms with van der Waals surface area (Å²) in [4.78, 5) is 25.5. The van der Waals surface area contributed by atoms with Crippen molar-refractivity contribution in [2.24, 2.45) is 0 Å². The van der Waals surface area contributed by atoms with E-state index in [1.54, 1.807) is 26.0 Å². The van der Waals surface area contributed by atoms with Crippen LogP contribution < -0.4 is 4.74 Å². The van der Waals surface area contributed by atoms with Crippen LogP contribution in [0, 0.1) is 0 Å². The van der Waals surface area contributed by atoms with Gasteiger partial charge in [0, 0.05) is 6.04 Å². The fourth-order valence-corrected chi connectivity index (χ4v) is 1.85. The van der Waals surface area contributed by atoms with Crippen LogP contribution >= 0.6 is 0 Å². The monoisotopic (exact) mass is 293 g/mol. The van der Waals surface area contributed by atoms with Crippen LogP contribution in [0.3, 0.4) is 0 Å². The summed E-state index contributed by atoms with van der Waals surface area (Å²) in [6.07, 6.45) is -0.663. The van der Waals surface area contributed by atoms with Gasteiger partial charge in [-0.15, -0.1) is 0 Å².